The molecule has 0 radical (unpaired) electrons. The summed E-state index contributed by atoms with van der Waals surface area (Å²) in [5.41, 5.74) is 2.24. The molecule has 178 valence electrons. The van der Waals surface area contributed by atoms with E-state index >= 15 is 0 Å². The molecular formula is C23H24N4O5S2. The minimum absolute atomic E-state index is 0.118. The van der Waals surface area contributed by atoms with Crippen LogP contribution in [0.3, 0.4) is 0 Å². The van der Waals surface area contributed by atoms with E-state index in [-0.39, 0.29) is 15.9 Å². The molecule has 1 amide bonds. The molecule has 0 spiro atoms. The number of aryl methyl sites for hydroxylation is 2. The second-order valence-corrected chi connectivity index (χ2v) is 10.4. The molecule has 1 N–H and O–H groups in total. The van der Waals surface area contributed by atoms with Gasteiger partial charge in [0.15, 0.2) is 0 Å². The molecule has 0 aliphatic carbocycles. The third kappa shape index (κ3) is 5.05. The van der Waals surface area contributed by atoms with Crippen molar-refractivity contribution in [3.05, 3.63) is 58.6 Å². The molecule has 1 aliphatic heterocycles. The summed E-state index contributed by atoms with van der Waals surface area (Å²) < 4.78 is 38.6. The Labute approximate surface area is 202 Å². The van der Waals surface area contributed by atoms with E-state index in [1.165, 1.54) is 12.1 Å². The minimum atomic E-state index is -3.81. The summed E-state index contributed by atoms with van der Waals surface area (Å²) >= 11 is 1.16. The summed E-state index contributed by atoms with van der Waals surface area (Å²) in [4.78, 5) is 14.8. The van der Waals surface area contributed by atoms with Crippen LogP contribution in [0, 0.1) is 6.92 Å². The smallest absolute Gasteiger partial charge is 0.263 e. The Morgan fingerprint density at radius 1 is 1.15 bits per heavy atom. The highest BCUT2D eigenvalue weighted by Gasteiger charge is 2.24. The lowest BCUT2D eigenvalue weighted by atomic mass is 10.0. The van der Waals surface area contributed by atoms with Gasteiger partial charge in [0.25, 0.3) is 15.9 Å². The summed E-state index contributed by atoms with van der Waals surface area (Å²) in [5, 5.41) is 8.53. The topological polar surface area (TPSA) is 111 Å². The van der Waals surface area contributed by atoms with E-state index in [4.69, 9.17) is 9.47 Å². The van der Waals surface area contributed by atoms with Crippen molar-refractivity contribution in [3.8, 4) is 11.5 Å². The van der Waals surface area contributed by atoms with Gasteiger partial charge in [-0.05, 0) is 61.7 Å². The fraction of sp³-hybridized carbons (Fsp3) is 0.261. The standard InChI is InChI=1S/C23H24N4O5S2/c1-15-24-25-23(33-15)26-34(29,30)19-9-10-20-17(13-19)5-4-12-27(20)22(28)11-7-16-6-8-18(31-2)14-21(16)32-3/h6-11,13-14H,4-5,12H2,1-3H3,(H,25,26)/b11-7+. The van der Waals surface area contributed by atoms with E-state index in [2.05, 4.69) is 14.9 Å². The van der Waals surface area contributed by atoms with E-state index in [1.807, 2.05) is 6.07 Å². The molecule has 0 unspecified atom stereocenters. The number of fused-ring (bicyclic) bond motifs is 1. The number of hydrogen-bond donors (Lipinski definition) is 1. The van der Waals surface area contributed by atoms with Gasteiger partial charge in [0, 0.05) is 29.9 Å². The Hall–Kier alpha value is -3.44. The fourth-order valence-corrected chi connectivity index (χ4v) is 5.56. The van der Waals surface area contributed by atoms with Crippen molar-refractivity contribution >= 4 is 44.2 Å². The number of methoxy groups -OCH3 is 2. The van der Waals surface area contributed by atoms with Crippen LogP contribution in [-0.2, 0) is 21.2 Å². The van der Waals surface area contributed by atoms with Gasteiger partial charge < -0.3 is 14.4 Å². The number of sulfonamides is 1. The van der Waals surface area contributed by atoms with Crippen LogP contribution in [0.2, 0.25) is 0 Å². The molecule has 0 saturated heterocycles. The molecule has 2 heterocycles. The van der Waals surface area contributed by atoms with Crippen molar-refractivity contribution in [1.82, 2.24) is 10.2 Å². The number of rotatable bonds is 7. The number of carbonyl (C=O) groups excluding carboxylic acids is 1. The maximum absolute atomic E-state index is 13.0. The molecule has 3 aromatic rings. The first-order valence-electron chi connectivity index (χ1n) is 10.5. The molecule has 0 atom stereocenters. The van der Waals surface area contributed by atoms with Gasteiger partial charge in [-0.2, -0.15) is 0 Å². The molecule has 4 rings (SSSR count). The summed E-state index contributed by atoms with van der Waals surface area (Å²) in [6.07, 6.45) is 4.59. The molecular weight excluding hydrogens is 476 g/mol. The van der Waals surface area contributed by atoms with Crippen LogP contribution in [0.1, 0.15) is 22.6 Å². The first kappa shape index (κ1) is 23.7. The van der Waals surface area contributed by atoms with Crippen LogP contribution < -0.4 is 19.1 Å². The minimum Gasteiger partial charge on any atom is -0.497 e. The highest BCUT2D eigenvalue weighted by Crippen LogP contribution is 2.31. The van der Waals surface area contributed by atoms with Crippen LogP contribution in [-0.4, -0.2) is 45.3 Å². The zero-order valence-electron chi connectivity index (χ0n) is 18.9. The van der Waals surface area contributed by atoms with Gasteiger partial charge in [0.2, 0.25) is 5.13 Å². The summed E-state index contributed by atoms with van der Waals surface area (Å²) in [6, 6.07) is 10.1. The Morgan fingerprint density at radius 3 is 2.68 bits per heavy atom. The normalized spacial score (nSPS) is 13.6. The summed E-state index contributed by atoms with van der Waals surface area (Å²) in [7, 11) is -0.683. The Morgan fingerprint density at radius 2 is 1.97 bits per heavy atom. The van der Waals surface area contributed by atoms with Crippen molar-refractivity contribution in [3.63, 3.8) is 0 Å². The van der Waals surface area contributed by atoms with Crippen LogP contribution in [0.25, 0.3) is 6.08 Å². The van der Waals surface area contributed by atoms with Crippen LogP contribution >= 0.6 is 11.3 Å². The lowest BCUT2D eigenvalue weighted by Crippen LogP contribution is -2.34. The van der Waals surface area contributed by atoms with Crippen molar-refractivity contribution < 1.29 is 22.7 Å². The first-order chi connectivity index (χ1) is 16.3. The van der Waals surface area contributed by atoms with Gasteiger partial charge >= 0.3 is 0 Å². The van der Waals surface area contributed by atoms with E-state index in [0.29, 0.717) is 35.2 Å². The quantitative estimate of drug-likeness (QED) is 0.493. The molecule has 34 heavy (non-hydrogen) atoms. The van der Waals surface area contributed by atoms with E-state index in [9.17, 15) is 13.2 Å². The fourth-order valence-electron chi connectivity index (χ4n) is 3.69. The monoisotopic (exact) mass is 500 g/mol. The maximum atomic E-state index is 13.0. The van der Waals surface area contributed by atoms with Crippen molar-refractivity contribution in [1.29, 1.82) is 0 Å². The molecule has 9 nitrogen and oxygen atoms in total. The van der Waals surface area contributed by atoms with Crippen molar-refractivity contribution in [2.75, 3.05) is 30.4 Å². The van der Waals surface area contributed by atoms with Gasteiger partial charge in [-0.15, -0.1) is 10.2 Å². The SMILES string of the molecule is COc1ccc(/C=C/C(=O)N2CCCc3cc(S(=O)(=O)Nc4nnc(C)s4)ccc32)c(OC)c1. The number of nitrogens with one attached hydrogen (secondary N) is 1. The van der Waals surface area contributed by atoms with E-state index < -0.39 is 10.0 Å². The highest BCUT2D eigenvalue weighted by atomic mass is 32.2. The summed E-state index contributed by atoms with van der Waals surface area (Å²) in [6.45, 7) is 2.30. The van der Waals surface area contributed by atoms with E-state index in [1.54, 1.807) is 56.4 Å². The largest absolute Gasteiger partial charge is 0.497 e. The summed E-state index contributed by atoms with van der Waals surface area (Å²) in [5.74, 6) is 1.05. The predicted molar refractivity (Wildman–Crippen MR) is 131 cm³/mol. The number of anilines is 2. The third-order valence-electron chi connectivity index (χ3n) is 5.34. The van der Waals surface area contributed by atoms with Gasteiger partial charge in [-0.25, -0.2) is 8.42 Å². The lowest BCUT2D eigenvalue weighted by molar-refractivity contribution is -0.114. The maximum Gasteiger partial charge on any atom is 0.263 e. The second-order valence-electron chi connectivity index (χ2n) is 7.56. The number of nitrogens with zero attached hydrogens (tertiary/aromatic N) is 3. The lowest BCUT2D eigenvalue weighted by Gasteiger charge is -2.29. The number of ether oxygens (including phenoxy) is 2. The van der Waals surface area contributed by atoms with Gasteiger partial charge in [-0.1, -0.05) is 11.3 Å². The molecule has 1 aliphatic rings. The number of benzene rings is 2. The van der Waals surface area contributed by atoms with Crippen LogP contribution in [0.5, 0.6) is 11.5 Å². The van der Waals surface area contributed by atoms with Gasteiger partial charge in [-0.3, -0.25) is 9.52 Å². The molecule has 2 aromatic carbocycles. The Balaban J connectivity index is 1.55. The van der Waals surface area contributed by atoms with Crippen molar-refractivity contribution in [2.45, 2.75) is 24.7 Å². The highest BCUT2D eigenvalue weighted by molar-refractivity contribution is 7.93. The van der Waals surface area contributed by atoms with Crippen LogP contribution in [0.15, 0.2) is 47.4 Å². The van der Waals surface area contributed by atoms with Gasteiger partial charge in [0.05, 0.1) is 19.1 Å². The molecule has 11 heteroatoms. The zero-order chi connectivity index (χ0) is 24.3. The second kappa shape index (κ2) is 9.82. The number of carbonyl (C=O) groups is 1. The molecule has 0 bridgehead atoms. The molecule has 0 saturated carbocycles. The van der Waals surface area contributed by atoms with E-state index in [0.717, 1.165) is 28.9 Å². The molecule has 1 aromatic heterocycles. The van der Waals surface area contributed by atoms with Crippen LogP contribution in [0.4, 0.5) is 10.8 Å². The predicted octanol–water partition coefficient (Wildman–Crippen LogP) is 3.66. The Kier molecular flexibility index (Phi) is 6.85. The number of aromatic nitrogens is 2. The Bertz CT molecular complexity index is 1350. The van der Waals surface area contributed by atoms with Crippen molar-refractivity contribution in [2.24, 2.45) is 0 Å². The number of hydrogen-bond acceptors (Lipinski definition) is 8. The number of amides is 1. The zero-order valence-corrected chi connectivity index (χ0v) is 20.6. The third-order valence-corrected chi connectivity index (χ3v) is 7.56. The molecule has 0 fully saturated rings. The van der Waals surface area contributed by atoms with Gasteiger partial charge in [0.1, 0.15) is 16.5 Å². The first-order valence-corrected chi connectivity index (χ1v) is 12.8. The average molecular weight is 501 g/mol. The average Bonchev–Trinajstić information content (AvgIpc) is 3.25.